The number of piperidine rings is 1. The normalized spacial score (nSPS) is 22.8. The Bertz CT molecular complexity index is 203. The summed E-state index contributed by atoms with van der Waals surface area (Å²) in [4.78, 5) is 11.4. The van der Waals surface area contributed by atoms with Gasteiger partial charge in [0, 0.05) is 19.2 Å². The van der Waals surface area contributed by atoms with Gasteiger partial charge in [-0.3, -0.25) is 4.79 Å². The van der Waals surface area contributed by atoms with Gasteiger partial charge in [0.15, 0.2) is 0 Å². The molecule has 0 saturated carbocycles. The van der Waals surface area contributed by atoms with E-state index in [0.29, 0.717) is 19.2 Å². The zero-order valence-electron chi connectivity index (χ0n) is 10.4. The fourth-order valence-electron chi connectivity index (χ4n) is 1.95. The van der Waals surface area contributed by atoms with E-state index in [1.54, 1.807) is 6.92 Å². The van der Waals surface area contributed by atoms with E-state index in [1.165, 1.54) is 19.3 Å². The summed E-state index contributed by atoms with van der Waals surface area (Å²) in [6, 6.07) is 0.579. The molecule has 1 aliphatic rings. The van der Waals surface area contributed by atoms with E-state index in [-0.39, 0.29) is 12.0 Å². The lowest BCUT2D eigenvalue weighted by atomic mass is 10.0. The molecule has 0 radical (unpaired) electrons. The lowest BCUT2D eigenvalue weighted by molar-refractivity contribution is -0.131. The van der Waals surface area contributed by atoms with Crippen molar-refractivity contribution < 1.29 is 9.53 Å². The third-order valence-electron chi connectivity index (χ3n) is 2.97. The van der Waals surface area contributed by atoms with Gasteiger partial charge in [0.05, 0.1) is 0 Å². The van der Waals surface area contributed by atoms with Crippen molar-refractivity contribution in [1.29, 1.82) is 0 Å². The van der Waals surface area contributed by atoms with E-state index < -0.39 is 0 Å². The second-order valence-electron chi connectivity index (χ2n) is 4.34. The maximum absolute atomic E-state index is 11.4. The second-order valence-corrected chi connectivity index (χ2v) is 4.34. The molecule has 1 fully saturated rings. The van der Waals surface area contributed by atoms with Gasteiger partial charge in [-0.05, 0) is 39.7 Å². The number of likely N-dealkylation sites (N-methyl/N-ethyl adjacent to an activating group) is 1. The van der Waals surface area contributed by atoms with Crippen LogP contribution in [0.1, 0.15) is 39.5 Å². The van der Waals surface area contributed by atoms with Crippen LogP contribution in [-0.2, 0) is 9.53 Å². The molecule has 16 heavy (non-hydrogen) atoms. The number of nitrogens with one attached hydrogen (secondary N) is 2. The summed E-state index contributed by atoms with van der Waals surface area (Å²) < 4.78 is 5.51. The highest BCUT2D eigenvalue weighted by atomic mass is 16.5. The monoisotopic (exact) mass is 228 g/mol. The van der Waals surface area contributed by atoms with Gasteiger partial charge in [-0.25, -0.2) is 0 Å². The highest BCUT2D eigenvalue weighted by Crippen LogP contribution is 2.10. The smallest absolute Gasteiger partial charge is 0.248 e. The van der Waals surface area contributed by atoms with Crippen LogP contribution in [0.3, 0.4) is 0 Å². The Hall–Kier alpha value is -0.610. The third-order valence-corrected chi connectivity index (χ3v) is 2.97. The summed E-state index contributed by atoms with van der Waals surface area (Å²) in [5, 5.41) is 6.22. The quantitative estimate of drug-likeness (QED) is 0.714. The van der Waals surface area contributed by atoms with Gasteiger partial charge >= 0.3 is 0 Å². The highest BCUT2D eigenvalue weighted by Gasteiger charge is 2.15. The van der Waals surface area contributed by atoms with Gasteiger partial charge in [0.25, 0.3) is 0 Å². The van der Waals surface area contributed by atoms with E-state index in [0.717, 1.165) is 13.0 Å². The summed E-state index contributed by atoms with van der Waals surface area (Å²) in [7, 11) is 0. The molecule has 2 unspecified atom stereocenters. The summed E-state index contributed by atoms with van der Waals surface area (Å²) in [5.41, 5.74) is 0. The van der Waals surface area contributed by atoms with Crippen molar-refractivity contribution >= 4 is 5.91 Å². The molecule has 2 N–H and O–H groups in total. The van der Waals surface area contributed by atoms with Gasteiger partial charge in [0.1, 0.15) is 6.10 Å². The molecule has 4 heteroatoms. The van der Waals surface area contributed by atoms with Crippen molar-refractivity contribution in [3.05, 3.63) is 0 Å². The fraction of sp³-hybridized carbons (Fsp3) is 0.917. The molecule has 2 atom stereocenters. The van der Waals surface area contributed by atoms with Crippen LogP contribution in [0.15, 0.2) is 0 Å². The number of carbonyl (C=O) groups is 1. The number of rotatable bonds is 6. The molecule has 0 aromatic rings. The van der Waals surface area contributed by atoms with Crippen molar-refractivity contribution in [2.75, 3.05) is 19.7 Å². The Morgan fingerprint density at radius 3 is 3.00 bits per heavy atom. The van der Waals surface area contributed by atoms with E-state index >= 15 is 0 Å². The Morgan fingerprint density at radius 2 is 2.38 bits per heavy atom. The number of hydrogen-bond donors (Lipinski definition) is 2. The standard InChI is InChI=1S/C12H24N2O2/c1-3-13-12(15)10(2)16-9-7-11-6-4-5-8-14-11/h10-11,14H,3-9H2,1-2H3,(H,13,15). The molecule has 0 aliphatic carbocycles. The first-order valence-electron chi connectivity index (χ1n) is 6.36. The lowest BCUT2D eigenvalue weighted by Gasteiger charge is -2.23. The Kier molecular flexibility index (Phi) is 6.42. The lowest BCUT2D eigenvalue weighted by Crippen LogP contribution is -2.37. The van der Waals surface area contributed by atoms with Crippen LogP contribution in [-0.4, -0.2) is 37.7 Å². The van der Waals surface area contributed by atoms with Gasteiger partial charge in [-0.15, -0.1) is 0 Å². The molecule has 1 heterocycles. The molecular weight excluding hydrogens is 204 g/mol. The van der Waals surface area contributed by atoms with Crippen LogP contribution in [0, 0.1) is 0 Å². The van der Waals surface area contributed by atoms with Crippen molar-refractivity contribution in [1.82, 2.24) is 10.6 Å². The number of hydrogen-bond acceptors (Lipinski definition) is 3. The highest BCUT2D eigenvalue weighted by molar-refractivity contribution is 5.80. The van der Waals surface area contributed by atoms with Crippen LogP contribution in [0.2, 0.25) is 0 Å². The van der Waals surface area contributed by atoms with E-state index in [1.807, 2.05) is 6.92 Å². The maximum Gasteiger partial charge on any atom is 0.248 e. The summed E-state index contributed by atoms with van der Waals surface area (Å²) in [5.74, 6) is -0.0147. The molecule has 0 spiro atoms. The average molecular weight is 228 g/mol. The Balaban J connectivity index is 2.07. The Morgan fingerprint density at radius 1 is 1.56 bits per heavy atom. The molecule has 0 bridgehead atoms. The number of carbonyl (C=O) groups excluding carboxylic acids is 1. The zero-order valence-corrected chi connectivity index (χ0v) is 10.4. The van der Waals surface area contributed by atoms with Crippen LogP contribution < -0.4 is 10.6 Å². The largest absolute Gasteiger partial charge is 0.369 e. The van der Waals surface area contributed by atoms with Gasteiger partial charge in [-0.1, -0.05) is 6.42 Å². The van der Waals surface area contributed by atoms with Crippen molar-refractivity contribution in [2.45, 2.75) is 51.7 Å². The van der Waals surface area contributed by atoms with Gasteiger partial charge in [-0.2, -0.15) is 0 Å². The maximum atomic E-state index is 11.4. The minimum absolute atomic E-state index is 0.0147. The van der Waals surface area contributed by atoms with E-state index in [9.17, 15) is 4.79 Å². The predicted molar refractivity (Wildman–Crippen MR) is 64.4 cm³/mol. The first-order chi connectivity index (χ1) is 7.74. The van der Waals surface area contributed by atoms with Crippen molar-refractivity contribution in [3.63, 3.8) is 0 Å². The SMILES string of the molecule is CCNC(=O)C(C)OCCC1CCCCN1. The van der Waals surface area contributed by atoms with Crippen molar-refractivity contribution in [2.24, 2.45) is 0 Å². The molecule has 0 aromatic carbocycles. The first-order valence-corrected chi connectivity index (χ1v) is 6.36. The molecule has 1 saturated heterocycles. The first kappa shape index (κ1) is 13.5. The molecule has 4 nitrogen and oxygen atoms in total. The van der Waals surface area contributed by atoms with Crippen LogP contribution in [0.5, 0.6) is 0 Å². The average Bonchev–Trinajstić information content (AvgIpc) is 2.30. The summed E-state index contributed by atoms with van der Waals surface area (Å²) in [6.45, 7) is 6.17. The van der Waals surface area contributed by atoms with E-state index in [4.69, 9.17) is 4.74 Å². The van der Waals surface area contributed by atoms with Gasteiger partial charge in [0.2, 0.25) is 5.91 Å². The van der Waals surface area contributed by atoms with Crippen LogP contribution >= 0.6 is 0 Å². The summed E-state index contributed by atoms with van der Waals surface area (Å²) >= 11 is 0. The van der Waals surface area contributed by atoms with Gasteiger partial charge < -0.3 is 15.4 Å². The Labute approximate surface area is 98.1 Å². The molecular formula is C12H24N2O2. The fourth-order valence-corrected chi connectivity index (χ4v) is 1.95. The second kappa shape index (κ2) is 7.63. The number of amides is 1. The van der Waals surface area contributed by atoms with Crippen molar-refractivity contribution in [3.8, 4) is 0 Å². The van der Waals surface area contributed by atoms with Crippen LogP contribution in [0.25, 0.3) is 0 Å². The molecule has 1 aliphatic heterocycles. The summed E-state index contributed by atoms with van der Waals surface area (Å²) in [6.07, 6.45) is 4.50. The van der Waals surface area contributed by atoms with Crippen LogP contribution in [0.4, 0.5) is 0 Å². The zero-order chi connectivity index (χ0) is 11.8. The third kappa shape index (κ3) is 4.94. The minimum atomic E-state index is -0.330. The number of ether oxygens (including phenoxy) is 1. The molecule has 1 amide bonds. The molecule has 1 rings (SSSR count). The molecule has 0 aromatic heterocycles. The molecule has 94 valence electrons. The van der Waals surface area contributed by atoms with E-state index in [2.05, 4.69) is 10.6 Å². The predicted octanol–water partition coefficient (Wildman–Crippen LogP) is 1.06. The minimum Gasteiger partial charge on any atom is -0.369 e. The topological polar surface area (TPSA) is 50.4 Å².